The third kappa shape index (κ3) is 3.58. The lowest BCUT2D eigenvalue weighted by atomic mass is 9.78. The maximum Gasteiger partial charge on any atom is 0.226 e. The molecule has 0 spiro atoms. The van der Waals surface area contributed by atoms with Crippen molar-refractivity contribution >= 4 is 28.6 Å². The number of nitrogens with one attached hydrogen (secondary N) is 1. The molecule has 1 aliphatic carbocycles. The molecule has 3 atom stereocenters. The lowest BCUT2D eigenvalue weighted by Gasteiger charge is -2.34. The van der Waals surface area contributed by atoms with Crippen LogP contribution in [0, 0.1) is 11.8 Å². The summed E-state index contributed by atoms with van der Waals surface area (Å²) in [4.78, 5) is 18.0. The van der Waals surface area contributed by atoms with Gasteiger partial charge in [0.1, 0.15) is 5.01 Å². The van der Waals surface area contributed by atoms with E-state index in [0.29, 0.717) is 24.3 Å². The van der Waals surface area contributed by atoms with Crippen molar-refractivity contribution in [3.63, 3.8) is 0 Å². The summed E-state index contributed by atoms with van der Waals surface area (Å²) in [6.07, 6.45) is 3.99. The van der Waals surface area contributed by atoms with Crippen molar-refractivity contribution in [1.29, 1.82) is 0 Å². The normalized spacial score (nSPS) is 25.1. The molecule has 3 unspecified atom stereocenters. The van der Waals surface area contributed by atoms with Crippen molar-refractivity contribution < 1.29 is 4.79 Å². The average molecular weight is 335 g/mol. The van der Waals surface area contributed by atoms with Crippen LogP contribution in [-0.2, 0) is 11.2 Å². The molecule has 1 N–H and O–H groups in total. The second kappa shape index (κ2) is 6.92. The van der Waals surface area contributed by atoms with Crippen molar-refractivity contribution in [3.05, 3.63) is 28.6 Å². The minimum atomic E-state index is 0.106. The standard InChI is InChI=1S/C17H22N2OS2/c1-11-5-3-6-14(12(11)2)19-16(20)9-13-10-22-17(18-13)15-7-4-8-21-15/h4,7-8,10-12,14H,3,5-6,9H2,1-2H3,(H,19,20). The Balaban J connectivity index is 1.58. The molecule has 118 valence electrons. The van der Waals surface area contributed by atoms with Crippen LogP contribution in [0.4, 0.5) is 0 Å². The second-order valence-corrected chi connectivity index (χ2v) is 8.05. The lowest BCUT2D eigenvalue weighted by Crippen LogP contribution is -2.44. The van der Waals surface area contributed by atoms with Crippen LogP contribution in [0.2, 0.25) is 0 Å². The van der Waals surface area contributed by atoms with Crippen LogP contribution in [0.15, 0.2) is 22.9 Å². The predicted octanol–water partition coefficient (Wildman–Crippen LogP) is 4.36. The number of rotatable bonds is 4. The van der Waals surface area contributed by atoms with Gasteiger partial charge in [0.15, 0.2) is 0 Å². The maximum absolute atomic E-state index is 12.3. The van der Waals surface area contributed by atoms with Gasteiger partial charge in [-0.3, -0.25) is 4.79 Å². The van der Waals surface area contributed by atoms with Crippen LogP contribution in [0.25, 0.3) is 9.88 Å². The minimum Gasteiger partial charge on any atom is -0.353 e. The zero-order chi connectivity index (χ0) is 15.5. The molecule has 3 nitrogen and oxygen atoms in total. The highest BCUT2D eigenvalue weighted by Gasteiger charge is 2.28. The van der Waals surface area contributed by atoms with Gasteiger partial charge in [-0.2, -0.15) is 0 Å². The van der Waals surface area contributed by atoms with Gasteiger partial charge in [0.2, 0.25) is 5.91 Å². The van der Waals surface area contributed by atoms with E-state index in [1.165, 1.54) is 17.7 Å². The van der Waals surface area contributed by atoms with Gasteiger partial charge in [-0.05, 0) is 29.7 Å². The summed E-state index contributed by atoms with van der Waals surface area (Å²) >= 11 is 3.30. The van der Waals surface area contributed by atoms with Gasteiger partial charge in [0.05, 0.1) is 17.0 Å². The summed E-state index contributed by atoms with van der Waals surface area (Å²) in [5, 5.41) is 8.28. The second-order valence-electron chi connectivity index (χ2n) is 6.24. The van der Waals surface area contributed by atoms with Gasteiger partial charge < -0.3 is 5.32 Å². The molecule has 22 heavy (non-hydrogen) atoms. The first-order chi connectivity index (χ1) is 10.6. The Morgan fingerprint density at radius 2 is 2.23 bits per heavy atom. The summed E-state index contributed by atoms with van der Waals surface area (Å²) in [6, 6.07) is 4.42. The molecule has 0 aliphatic heterocycles. The van der Waals surface area contributed by atoms with Gasteiger partial charge in [-0.1, -0.05) is 32.8 Å². The lowest BCUT2D eigenvalue weighted by molar-refractivity contribution is -0.121. The van der Waals surface area contributed by atoms with Crippen LogP contribution >= 0.6 is 22.7 Å². The molecule has 1 aliphatic rings. The highest BCUT2D eigenvalue weighted by Crippen LogP contribution is 2.30. The minimum absolute atomic E-state index is 0.106. The molecular formula is C17H22N2OS2. The fraction of sp³-hybridized carbons (Fsp3) is 0.529. The van der Waals surface area contributed by atoms with Crippen molar-refractivity contribution in [2.24, 2.45) is 11.8 Å². The Morgan fingerprint density at radius 3 is 3.00 bits per heavy atom. The fourth-order valence-corrected chi connectivity index (χ4v) is 4.74. The predicted molar refractivity (Wildman–Crippen MR) is 93.2 cm³/mol. The Kier molecular flexibility index (Phi) is 4.93. The number of thiazole rings is 1. The summed E-state index contributed by atoms with van der Waals surface area (Å²) < 4.78 is 0. The zero-order valence-electron chi connectivity index (χ0n) is 13.0. The molecule has 1 fully saturated rings. The molecule has 1 amide bonds. The average Bonchev–Trinajstić information content (AvgIpc) is 3.14. The molecule has 2 aromatic heterocycles. The van der Waals surface area contributed by atoms with E-state index < -0.39 is 0 Å². The molecular weight excluding hydrogens is 312 g/mol. The van der Waals surface area contributed by atoms with E-state index in [2.05, 4.69) is 35.6 Å². The maximum atomic E-state index is 12.3. The largest absolute Gasteiger partial charge is 0.353 e. The molecule has 0 saturated heterocycles. The third-order valence-corrected chi connectivity index (χ3v) is 6.61. The zero-order valence-corrected chi connectivity index (χ0v) is 14.7. The van der Waals surface area contributed by atoms with E-state index in [4.69, 9.17) is 0 Å². The van der Waals surface area contributed by atoms with Gasteiger partial charge in [0.25, 0.3) is 0 Å². The van der Waals surface area contributed by atoms with Gasteiger partial charge in [-0.15, -0.1) is 22.7 Å². The van der Waals surface area contributed by atoms with E-state index >= 15 is 0 Å². The van der Waals surface area contributed by atoms with Crippen LogP contribution in [0.5, 0.6) is 0 Å². The van der Waals surface area contributed by atoms with Crippen LogP contribution in [0.1, 0.15) is 38.8 Å². The van der Waals surface area contributed by atoms with E-state index in [1.807, 2.05) is 11.4 Å². The Labute approximate surface area is 139 Å². The number of aromatic nitrogens is 1. The van der Waals surface area contributed by atoms with Gasteiger partial charge >= 0.3 is 0 Å². The van der Waals surface area contributed by atoms with Gasteiger partial charge in [0, 0.05) is 11.4 Å². The van der Waals surface area contributed by atoms with Gasteiger partial charge in [-0.25, -0.2) is 4.98 Å². The molecule has 0 bridgehead atoms. The molecule has 3 rings (SSSR count). The van der Waals surface area contributed by atoms with Crippen LogP contribution in [0.3, 0.4) is 0 Å². The van der Waals surface area contributed by atoms with Crippen molar-refractivity contribution in [1.82, 2.24) is 10.3 Å². The molecule has 0 radical (unpaired) electrons. The fourth-order valence-electron chi connectivity index (χ4n) is 3.11. The highest BCUT2D eigenvalue weighted by atomic mass is 32.1. The summed E-state index contributed by atoms with van der Waals surface area (Å²) in [5.41, 5.74) is 0.877. The number of hydrogen-bond acceptors (Lipinski definition) is 4. The summed E-state index contributed by atoms with van der Waals surface area (Å²) in [5.74, 6) is 1.37. The SMILES string of the molecule is CC1CCCC(NC(=O)Cc2csc(-c3cccs3)n2)C1C. The third-order valence-electron chi connectivity index (χ3n) is 4.68. The first-order valence-corrected chi connectivity index (χ1v) is 9.67. The number of nitrogens with zero attached hydrogens (tertiary/aromatic N) is 1. The Bertz CT molecular complexity index is 620. The van der Waals surface area contributed by atoms with Crippen LogP contribution in [-0.4, -0.2) is 16.9 Å². The number of amides is 1. The van der Waals surface area contributed by atoms with E-state index in [-0.39, 0.29) is 5.91 Å². The smallest absolute Gasteiger partial charge is 0.226 e. The molecule has 0 aromatic carbocycles. The number of carbonyl (C=O) groups is 1. The van der Waals surface area contributed by atoms with Crippen LogP contribution < -0.4 is 5.32 Å². The highest BCUT2D eigenvalue weighted by molar-refractivity contribution is 7.20. The quantitative estimate of drug-likeness (QED) is 0.903. The van der Waals surface area contributed by atoms with E-state index in [9.17, 15) is 4.79 Å². The molecule has 2 aromatic rings. The Morgan fingerprint density at radius 1 is 1.36 bits per heavy atom. The number of carbonyl (C=O) groups excluding carboxylic acids is 1. The topological polar surface area (TPSA) is 42.0 Å². The van der Waals surface area contributed by atoms with Crippen molar-refractivity contribution in [3.8, 4) is 9.88 Å². The molecule has 5 heteroatoms. The number of thiophene rings is 1. The molecule has 1 saturated carbocycles. The van der Waals surface area contributed by atoms with Crippen molar-refractivity contribution in [2.75, 3.05) is 0 Å². The monoisotopic (exact) mass is 334 g/mol. The first kappa shape index (κ1) is 15.7. The molecule has 2 heterocycles. The summed E-state index contributed by atoms with van der Waals surface area (Å²) in [7, 11) is 0. The van der Waals surface area contributed by atoms with Crippen molar-refractivity contribution in [2.45, 2.75) is 45.6 Å². The Hall–Kier alpha value is -1.20. The van der Waals surface area contributed by atoms with E-state index in [1.54, 1.807) is 22.7 Å². The van der Waals surface area contributed by atoms with E-state index in [0.717, 1.165) is 17.1 Å². The first-order valence-electron chi connectivity index (χ1n) is 7.91. The summed E-state index contributed by atoms with van der Waals surface area (Å²) in [6.45, 7) is 4.54. The number of hydrogen-bond donors (Lipinski definition) is 1.